The van der Waals surface area contributed by atoms with Crippen LogP contribution in [0.1, 0.15) is 36.9 Å². The average Bonchev–Trinajstić information content (AvgIpc) is 2.50. The van der Waals surface area contributed by atoms with E-state index in [0.717, 1.165) is 31.7 Å². The standard InChI is InChI=1S/C17H29NO3/c1-5-9-18-17(8-10-21-12-11-19-3)16-7-6-15(20-4)13-14(16)2/h6-7,13,17-18H,5,8-12H2,1-4H3. The lowest BCUT2D eigenvalue weighted by Gasteiger charge is -2.21. The van der Waals surface area contributed by atoms with Crippen LogP contribution in [0.5, 0.6) is 5.75 Å². The molecule has 1 N–H and O–H groups in total. The Labute approximate surface area is 128 Å². The summed E-state index contributed by atoms with van der Waals surface area (Å²) in [6, 6.07) is 6.58. The van der Waals surface area contributed by atoms with Gasteiger partial charge < -0.3 is 19.5 Å². The Balaban J connectivity index is 2.63. The maximum Gasteiger partial charge on any atom is 0.119 e. The summed E-state index contributed by atoms with van der Waals surface area (Å²) in [5.74, 6) is 0.904. The second-order valence-electron chi connectivity index (χ2n) is 5.12. The zero-order valence-electron chi connectivity index (χ0n) is 13.8. The maximum atomic E-state index is 5.60. The van der Waals surface area contributed by atoms with Crippen molar-refractivity contribution in [2.24, 2.45) is 0 Å². The van der Waals surface area contributed by atoms with E-state index in [2.05, 4.69) is 31.3 Å². The molecular weight excluding hydrogens is 266 g/mol. The van der Waals surface area contributed by atoms with Crippen LogP contribution in [0.4, 0.5) is 0 Å². The Bertz CT molecular complexity index is 396. The van der Waals surface area contributed by atoms with E-state index in [1.807, 2.05) is 6.07 Å². The van der Waals surface area contributed by atoms with E-state index in [1.165, 1.54) is 11.1 Å². The minimum absolute atomic E-state index is 0.318. The van der Waals surface area contributed by atoms with Gasteiger partial charge in [0.2, 0.25) is 0 Å². The molecule has 0 saturated carbocycles. The van der Waals surface area contributed by atoms with Gasteiger partial charge in [0, 0.05) is 19.8 Å². The van der Waals surface area contributed by atoms with E-state index in [0.29, 0.717) is 19.3 Å². The molecule has 1 atom stereocenters. The van der Waals surface area contributed by atoms with E-state index >= 15 is 0 Å². The van der Waals surface area contributed by atoms with Gasteiger partial charge in [-0.25, -0.2) is 0 Å². The van der Waals surface area contributed by atoms with Gasteiger partial charge in [-0.2, -0.15) is 0 Å². The predicted octanol–water partition coefficient (Wildman–Crippen LogP) is 3.10. The quantitative estimate of drug-likeness (QED) is 0.637. The first-order valence-electron chi connectivity index (χ1n) is 7.67. The van der Waals surface area contributed by atoms with Crippen molar-refractivity contribution in [3.63, 3.8) is 0 Å². The molecule has 0 aliphatic carbocycles. The summed E-state index contributed by atoms with van der Waals surface area (Å²) in [7, 11) is 3.39. The maximum absolute atomic E-state index is 5.60. The number of hydrogen-bond donors (Lipinski definition) is 1. The van der Waals surface area contributed by atoms with Crippen molar-refractivity contribution < 1.29 is 14.2 Å². The second kappa shape index (κ2) is 10.6. The van der Waals surface area contributed by atoms with Crippen LogP contribution in [0, 0.1) is 6.92 Å². The molecule has 4 nitrogen and oxygen atoms in total. The van der Waals surface area contributed by atoms with Gasteiger partial charge in [0.05, 0.1) is 20.3 Å². The van der Waals surface area contributed by atoms with Gasteiger partial charge in [0.15, 0.2) is 0 Å². The van der Waals surface area contributed by atoms with Gasteiger partial charge in [-0.05, 0) is 49.6 Å². The highest BCUT2D eigenvalue weighted by Gasteiger charge is 2.13. The zero-order chi connectivity index (χ0) is 15.5. The summed E-state index contributed by atoms with van der Waals surface area (Å²) < 4.78 is 15.9. The smallest absolute Gasteiger partial charge is 0.119 e. The largest absolute Gasteiger partial charge is 0.497 e. The van der Waals surface area contributed by atoms with Gasteiger partial charge in [-0.3, -0.25) is 0 Å². The molecule has 1 unspecified atom stereocenters. The van der Waals surface area contributed by atoms with Crippen molar-refractivity contribution >= 4 is 0 Å². The fourth-order valence-electron chi connectivity index (χ4n) is 2.30. The summed E-state index contributed by atoms with van der Waals surface area (Å²) in [4.78, 5) is 0. The predicted molar refractivity (Wildman–Crippen MR) is 86.1 cm³/mol. The van der Waals surface area contributed by atoms with Crippen LogP contribution in [-0.2, 0) is 9.47 Å². The van der Waals surface area contributed by atoms with Crippen molar-refractivity contribution in [3.8, 4) is 5.75 Å². The lowest BCUT2D eigenvalue weighted by atomic mass is 9.98. The SMILES string of the molecule is CCCNC(CCOCCOC)c1ccc(OC)cc1C. The Kier molecular flexibility index (Phi) is 9.06. The fourth-order valence-corrected chi connectivity index (χ4v) is 2.30. The number of hydrogen-bond acceptors (Lipinski definition) is 4. The summed E-state index contributed by atoms with van der Waals surface area (Å²) >= 11 is 0. The molecular formula is C17H29NO3. The topological polar surface area (TPSA) is 39.7 Å². The first-order chi connectivity index (χ1) is 10.2. The summed E-state index contributed by atoms with van der Waals surface area (Å²) in [5, 5.41) is 3.60. The molecule has 21 heavy (non-hydrogen) atoms. The van der Waals surface area contributed by atoms with Crippen LogP contribution in [0.2, 0.25) is 0 Å². The minimum Gasteiger partial charge on any atom is -0.497 e. The summed E-state index contributed by atoms with van der Waals surface area (Å²) in [5.41, 5.74) is 2.57. The Hall–Kier alpha value is -1.10. The molecule has 0 bridgehead atoms. The van der Waals surface area contributed by atoms with Crippen LogP contribution in [0.15, 0.2) is 18.2 Å². The van der Waals surface area contributed by atoms with E-state index in [9.17, 15) is 0 Å². The molecule has 0 saturated heterocycles. The molecule has 0 spiro atoms. The van der Waals surface area contributed by atoms with Crippen molar-refractivity contribution in [1.82, 2.24) is 5.32 Å². The molecule has 120 valence electrons. The highest BCUT2D eigenvalue weighted by Crippen LogP contribution is 2.24. The van der Waals surface area contributed by atoms with Crippen LogP contribution >= 0.6 is 0 Å². The minimum atomic E-state index is 0.318. The first kappa shape index (κ1) is 18.0. The molecule has 0 heterocycles. The summed E-state index contributed by atoms with van der Waals surface area (Å²) in [6.45, 7) is 7.35. The first-order valence-corrected chi connectivity index (χ1v) is 7.67. The third-order valence-electron chi connectivity index (χ3n) is 3.48. The molecule has 0 amide bonds. The number of nitrogens with one attached hydrogen (secondary N) is 1. The van der Waals surface area contributed by atoms with E-state index in [-0.39, 0.29) is 0 Å². The van der Waals surface area contributed by atoms with Crippen molar-refractivity contribution in [3.05, 3.63) is 29.3 Å². The number of methoxy groups -OCH3 is 2. The Morgan fingerprint density at radius 2 is 1.95 bits per heavy atom. The molecule has 1 rings (SSSR count). The monoisotopic (exact) mass is 295 g/mol. The van der Waals surface area contributed by atoms with Gasteiger partial charge in [-0.1, -0.05) is 13.0 Å². The molecule has 0 radical (unpaired) electrons. The Morgan fingerprint density at radius 1 is 1.14 bits per heavy atom. The van der Waals surface area contributed by atoms with E-state index in [1.54, 1.807) is 14.2 Å². The van der Waals surface area contributed by atoms with Gasteiger partial charge in [-0.15, -0.1) is 0 Å². The van der Waals surface area contributed by atoms with Crippen molar-refractivity contribution in [2.45, 2.75) is 32.7 Å². The highest BCUT2D eigenvalue weighted by atomic mass is 16.5. The third kappa shape index (κ3) is 6.46. The van der Waals surface area contributed by atoms with Gasteiger partial charge in [0.1, 0.15) is 5.75 Å². The zero-order valence-corrected chi connectivity index (χ0v) is 13.8. The average molecular weight is 295 g/mol. The molecule has 4 heteroatoms. The van der Waals surface area contributed by atoms with Crippen LogP contribution in [-0.4, -0.2) is 40.6 Å². The number of benzene rings is 1. The number of rotatable bonds is 11. The second-order valence-corrected chi connectivity index (χ2v) is 5.12. The molecule has 0 fully saturated rings. The van der Waals surface area contributed by atoms with Crippen LogP contribution in [0.25, 0.3) is 0 Å². The Morgan fingerprint density at radius 3 is 2.57 bits per heavy atom. The lowest BCUT2D eigenvalue weighted by Crippen LogP contribution is -2.24. The molecule has 0 aliphatic rings. The van der Waals surface area contributed by atoms with Crippen LogP contribution in [0.3, 0.4) is 0 Å². The molecule has 0 aromatic heterocycles. The van der Waals surface area contributed by atoms with Crippen LogP contribution < -0.4 is 10.1 Å². The molecule has 1 aromatic carbocycles. The lowest BCUT2D eigenvalue weighted by molar-refractivity contribution is 0.0657. The number of aryl methyl sites for hydroxylation is 1. The highest BCUT2D eigenvalue weighted by molar-refractivity contribution is 5.36. The van der Waals surface area contributed by atoms with Gasteiger partial charge >= 0.3 is 0 Å². The molecule has 0 aliphatic heterocycles. The third-order valence-corrected chi connectivity index (χ3v) is 3.48. The summed E-state index contributed by atoms with van der Waals surface area (Å²) in [6.07, 6.45) is 2.08. The normalized spacial score (nSPS) is 12.4. The van der Waals surface area contributed by atoms with E-state index < -0.39 is 0 Å². The van der Waals surface area contributed by atoms with Gasteiger partial charge in [0.25, 0.3) is 0 Å². The molecule has 1 aromatic rings. The van der Waals surface area contributed by atoms with Crippen molar-refractivity contribution in [2.75, 3.05) is 40.6 Å². The number of ether oxygens (including phenoxy) is 3. The van der Waals surface area contributed by atoms with E-state index in [4.69, 9.17) is 14.2 Å². The fraction of sp³-hybridized carbons (Fsp3) is 0.647. The van der Waals surface area contributed by atoms with Crippen molar-refractivity contribution in [1.29, 1.82) is 0 Å².